The molecule has 15 heavy (non-hydrogen) atoms. The highest BCUT2D eigenvalue weighted by atomic mass is 16.6. The molecule has 0 bridgehead atoms. The van der Waals surface area contributed by atoms with E-state index in [0.717, 1.165) is 6.08 Å². The van der Waals surface area contributed by atoms with Crippen LogP contribution < -0.4 is 0 Å². The van der Waals surface area contributed by atoms with Crippen molar-refractivity contribution in [1.29, 1.82) is 0 Å². The van der Waals surface area contributed by atoms with Crippen molar-refractivity contribution in [3.05, 3.63) is 12.7 Å². The molecule has 0 aliphatic rings. The van der Waals surface area contributed by atoms with Gasteiger partial charge >= 0.3 is 5.97 Å². The summed E-state index contributed by atoms with van der Waals surface area (Å²) in [5.74, 6) is -0.639. The van der Waals surface area contributed by atoms with Crippen LogP contribution in [-0.4, -0.2) is 53.5 Å². The second-order valence-electron chi connectivity index (χ2n) is 2.77. The standard InChI is InChI=1S/C9H16O6/c1-2-8(12)15-6-7(11)5-9(13)14-4-3-10/h2,7,9-11,13H,1,3-6H2. The zero-order chi connectivity index (χ0) is 11.7. The molecule has 0 aromatic carbocycles. The number of carbonyl (C=O) groups excluding carboxylic acids is 1. The smallest absolute Gasteiger partial charge is 0.330 e. The first-order chi connectivity index (χ1) is 7.10. The van der Waals surface area contributed by atoms with Gasteiger partial charge in [0.1, 0.15) is 6.61 Å². The van der Waals surface area contributed by atoms with E-state index in [9.17, 15) is 9.90 Å². The molecule has 0 amide bonds. The van der Waals surface area contributed by atoms with Crippen LogP contribution in [0.2, 0.25) is 0 Å². The third-order valence-corrected chi connectivity index (χ3v) is 1.46. The van der Waals surface area contributed by atoms with Gasteiger partial charge in [-0.1, -0.05) is 6.58 Å². The highest BCUT2D eigenvalue weighted by Gasteiger charge is 2.13. The molecule has 2 unspecified atom stereocenters. The fourth-order valence-corrected chi connectivity index (χ4v) is 0.795. The highest BCUT2D eigenvalue weighted by molar-refractivity contribution is 5.81. The van der Waals surface area contributed by atoms with Gasteiger partial charge in [-0.2, -0.15) is 0 Å². The molecule has 2 atom stereocenters. The van der Waals surface area contributed by atoms with E-state index in [2.05, 4.69) is 16.1 Å². The van der Waals surface area contributed by atoms with Crippen LogP contribution in [0.1, 0.15) is 6.42 Å². The second kappa shape index (κ2) is 8.37. The van der Waals surface area contributed by atoms with E-state index in [1.807, 2.05) is 0 Å². The maximum absolute atomic E-state index is 10.6. The minimum Gasteiger partial charge on any atom is -0.460 e. The Morgan fingerprint density at radius 2 is 2.13 bits per heavy atom. The number of hydrogen-bond donors (Lipinski definition) is 3. The van der Waals surface area contributed by atoms with Gasteiger partial charge in [-0.25, -0.2) is 4.79 Å². The van der Waals surface area contributed by atoms with Gasteiger partial charge in [0.15, 0.2) is 6.29 Å². The second-order valence-corrected chi connectivity index (χ2v) is 2.77. The Morgan fingerprint density at radius 1 is 1.47 bits per heavy atom. The highest BCUT2D eigenvalue weighted by Crippen LogP contribution is 2.00. The first-order valence-electron chi connectivity index (χ1n) is 4.48. The van der Waals surface area contributed by atoms with E-state index >= 15 is 0 Å². The fourth-order valence-electron chi connectivity index (χ4n) is 0.795. The number of esters is 1. The summed E-state index contributed by atoms with van der Waals surface area (Å²) >= 11 is 0. The molecule has 0 aliphatic carbocycles. The number of rotatable bonds is 8. The predicted octanol–water partition coefficient (Wildman–Crippen LogP) is -1.21. The third kappa shape index (κ3) is 8.07. The van der Waals surface area contributed by atoms with Gasteiger partial charge in [-0.05, 0) is 0 Å². The molecule has 0 aromatic rings. The van der Waals surface area contributed by atoms with Gasteiger partial charge in [0.25, 0.3) is 0 Å². The van der Waals surface area contributed by atoms with Crippen molar-refractivity contribution >= 4 is 5.97 Å². The molecule has 0 aliphatic heterocycles. The molecule has 3 N–H and O–H groups in total. The molecule has 6 nitrogen and oxygen atoms in total. The molecule has 0 spiro atoms. The monoisotopic (exact) mass is 220 g/mol. The molecule has 0 aromatic heterocycles. The quantitative estimate of drug-likeness (QED) is 0.270. The average Bonchev–Trinajstić information content (AvgIpc) is 2.22. The zero-order valence-electron chi connectivity index (χ0n) is 8.33. The fraction of sp³-hybridized carbons (Fsp3) is 0.667. The van der Waals surface area contributed by atoms with Crippen molar-refractivity contribution in [2.75, 3.05) is 19.8 Å². The molecule has 88 valence electrons. The van der Waals surface area contributed by atoms with Gasteiger partial charge in [0.2, 0.25) is 0 Å². The Kier molecular flexibility index (Phi) is 7.84. The van der Waals surface area contributed by atoms with Crippen LogP contribution in [-0.2, 0) is 14.3 Å². The van der Waals surface area contributed by atoms with E-state index in [-0.39, 0.29) is 26.2 Å². The Morgan fingerprint density at radius 3 is 2.67 bits per heavy atom. The van der Waals surface area contributed by atoms with Gasteiger partial charge in [-0.15, -0.1) is 0 Å². The van der Waals surface area contributed by atoms with Crippen LogP contribution in [0.3, 0.4) is 0 Å². The summed E-state index contributed by atoms with van der Waals surface area (Å²) in [5, 5.41) is 26.7. The predicted molar refractivity (Wildman–Crippen MR) is 50.8 cm³/mol. The van der Waals surface area contributed by atoms with E-state index in [1.54, 1.807) is 0 Å². The summed E-state index contributed by atoms with van der Waals surface area (Å²) in [6, 6.07) is 0. The Balaban J connectivity index is 3.58. The largest absolute Gasteiger partial charge is 0.460 e. The molecular weight excluding hydrogens is 204 g/mol. The van der Waals surface area contributed by atoms with Gasteiger partial charge in [-0.3, -0.25) is 0 Å². The molecule has 6 heteroatoms. The third-order valence-electron chi connectivity index (χ3n) is 1.46. The number of carbonyl (C=O) groups is 1. The summed E-state index contributed by atoms with van der Waals surface area (Å²) in [4.78, 5) is 10.6. The molecule has 0 radical (unpaired) electrons. The summed E-state index contributed by atoms with van der Waals surface area (Å²) in [7, 11) is 0. The van der Waals surface area contributed by atoms with Crippen LogP contribution >= 0.6 is 0 Å². The Labute approximate surface area is 87.7 Å². The summed E-state index contributed by atoms with van der Waals surface area (Å²) in [5.41, 5.74) is 0. The van der Waals surface area contributed by atoms with Crippen LogP contribution in [0.25, 0.3) is 0 Å². The average molecular weight is 220 g/mol. The molecule has 0 saturated heterocycles. The summed E-state index contributed by atoms with van der Waals surface area (Å²) in [6.07, 6.45) is -1.31. The Bertz CT molecular complexity index is 193. The van der Waals surface area contributed by atoms with Crippen molar-refractivity contribution in [2.45, 2.75) is 18.8 Å². The first-order valence-corrected chi connectivity index (χ1v) is 4.48. The van der Waals surface area contributed by atoms with Gasteiger partial charge in [0, 0.05) is 12.5 Å². The number of ether oxygens (including phenoxy) is 2. The van der Waals surface area contributed by atoms with Crippen molar-refractivity contribution in [3.63, 3.8) is 0 Å². The van der Waals surface area contributed by atoms with E-state index in [4.69, 9.17) is 10.2 Å². The minimum atomic E-state index is -1.19. The molecule has 0 rings (SSSR count). The lowest BCUT2D eigenvalue weighted by Crippen LogP contribution is -2.26. The normalized spacial score (nSPS) is 14.3. The molecule has 0 heterocycles. The van der Waals surface area contributed by atoms with E-state index < -0.39 is 18.4 Å². The van der Waals surface area contributed by atoms with Crippen molar-refractivity contribution in [2.24, 2.45) is 0 Å². The lowest BCUT2D eigenvalue weighted by molar-refractivity contribution is -0.148. The lowest BCUT2D eigenvalue weighted by atomic mass is 10.2. The molecular formula is C9H16O6. The number of hydrogen-bond acceptors (Lipinski definition) is 6. The summed E-state index contributed by atoms with van der Waals surface area (Å²) in [6.45, 7) is 2.73. The maximum atomic E-state index is 10.6. The molecule has 0 saturated carbocycles. The zero-order valence-corrected chi connectivity index (χ0v) is 8.33. The van der Waals surface area contributed by atoms with Gasteiger partial charge in [0.05, 0.1) is 19.3 Å². The molecule has 0 fully saturated rings. The van der Waals surface area contributed by atoms with Crippen LogP contribution in [0, 0.1) is 0 Å². The van der Waals surface area contributed by atoms with E-state index in [1.165, 1.54) is 0 Å². The van der Waals surface area contributed by atoms with Crippen LogP contribution in [0.15, 0.2) is 12.7 Å². The lowest BCUT2D eigenvalue weighted by Gasteiger charge is -2.15. The minimum absolute atomic E-state index is 0.0136. The Hall–Kier alpha value is -0.950. The van der Waals surface area contributed by atoms with Crippen molar-refractivity contribution in [3.8, 4) is 0 Å². The maximum Gasteiger partial charge on any atom is 0.330 e. The van der Waals surface area contributed by atoms with Crippen molar-refractivity contribution < 1.29 is 29.6 Å². The first kappa shape index (κ1) is 14.1. The van der Waals surface area contributed by atoms with Crippen molar-refractivity contribution in [1.82, 2.24) is 0 Å². The van der Waals surface area contributed by atoms with Crippen LogP contribution in [0.5, 0.6) is 0 Å². The SMILES string of the molecule is C=CC(=O)OCC(O)CC(O)OCCO. The van der Waals surface area contributed by atoms with Gasteiger partial charge < -0.3 is 24.8 Å². The summed E-state index contributed by atoms with van der Waals surface area (Å²) < 4.78 is 9.22. The topological polar surface area (TPSA) is 96.2 Å². The van der Waals surface area contributed by atoms with E-state index in [0.29, 0.717) is 0 Å². The number of aliphatic hydroxyl groups excluding tert-OH is 3. The number of aliphatic hydroxyl groups is 3. The van der Waals surface area contributed by atoms with Crippen LogP contribution in [0.4, 0.5) is 0 Å².